The van der Waals surface area contributed by atoms with Crippen LogP contribution in [0.25, 0.3) is 5.57 Å². The molecule has 0 spiro atoms. The average Bonchev–Trinajstić information content (AvgIpc) is 2.91. The van der Waals surface area contributed by atoms with Crippen LogP contribution >= 0.6 is 0 Å². The molecule has 1 unspecified atom stereocenters. The molecule has 2 heterocycles. The van der Waals surface area contributed by atoms with Gasteiger partial charge in [0.05, 0.1) is 11.3 Å². The molecule has 1 aliphatic rings. The largest absolute Gasteiger partial charge is 0.510 e. The van der Waals surface area contributed by atoms with Gasteiger partial charge in [0.15, 0.2) is 5.78 Å². The van der Waals surface area contributed by atoms with Gasteiger partial charge in [0.1, 0.15) is 11.7 Å². The van der Waals surface area contributed by atoms with Gasteiger partial charge in [-0.15, -0.1) is 0 Å². The second-order valence-corrected chi connectivity index (χ2v) is 5.02. The molecule has 0 aromatic carbocycles. The van der Waals surface area contributed by atoms with Crippen LogP contribution in [0.4, 0.5) is 0 Å². The SMILES string of the molecule is Cc1ccc(C2C(=O)C(c3cccn3C)=C2O)n1C. The van der Waals surface area contributed by atoms with E-state index >= 15 is 0 Å². The van der Waals surface area contributed by atoms with Gasteiger partial charge in [-0.3, -0.25) is 4.79 Å². The van der Waals surface area contributed by atoms with Gasteiger partial charge in [-0.05, 0) is 31.2 Å². The van der Waals surface area contributed by atoms with Crippen molar-refractivity contribution in [1.82, 2.24) is 9.13 Å². The molecule has 0 saturated carbocycles. The van der Waals surface area contributed by atoms with Crippen LogP contribution in [0.3, 0.4) is 0 Å². The molecule has 1 N–H and O–H groups in total. The van der Waals surface area contributed by atoms with E-state index in [2.05, 4.69) is 0 Å². The Hall–Kier alpha value is -2.23. The molecule has 0 saturated heterocycles. The standard InChI is InChI=1S/C15H16N2O2/c1-9-6-7-11(17(9)3)13-14(18)12(15(13)19)10-5-4-8-16(10)2/h4-8,13,18H,1-3H3. The first kappa shape index (κ1) is 11.8. The molecule has 4 heteroatoms. The molecular weight excluding hydrogens is 240 g/mol. The van der Waals surface area contributed by atoms with E-state index in [1.54, 1.807) is 0 Å². The Kier molecular flexibility index (Phi) is 2.42. The quantitative estimate of drug-likeness (QED) is 0.896. The average molecular weight is 256 g/mol. The highest BCUT2D eigenvalue weighted by atomic mass is 16.3. The van der Waals surface area contributed by atoms with Gasteiger partial charge in [0.2, 0.25) is 0 Å². The van der Waals surface area contributed by atoms with Crippen molar-refractivity contribution >= 4 is 11.4 Å². The third-order valence-electron chi connectivity index (χ3n) is 3.95. The summed E-state index contributed by atoms with van der Waals surface area (Å²) < 4.78 is 3.79. The number of aliphatic hydroxyl groups is 1. The number of allylic oxidation sites excluding steroid dienone is 2. The van der Waals surface area contributed by atoms with Crippen LogP contribution in [0, 0.1) is 6.92 Å². The number of hydrogen-bond acceptors (Lipinski definition) is 2. The topological polar surface area (TPSA) is 47.2 Å². The molecule has 3 rings (SSSR count). The van der Waals surface area contributed by atoms with Crippen LogP contribution in [0.1, 0.15) is 23.0 Å². The highest BCUT2D eigenvalue weighted by Gasteiger charge is 2.43. The number of ketones is 1. The summed E-state index contributed by atoms with van der Waals surface area (Å²) in [5.41, 5.74) is 3.13. The summed E-state index contributed by atoms with van der Waals surface area (Å²) in [5, 5.41) is 10.3. The Morgan fingerprint density at radius 3 is 2.42 bits per heavy atom. The Morgan fingerprint density at radius 1 is 1.21 bits per heavy atom. The number of carbonyl (C=O) groups excluding carboxylic acids is 1. The first-order chi connectivity index (χ1) is 9.02. The number of hydrogen-bond donors (Lipinski definition) is 1. The molecule has 0 fully saturated rings. The first-order valence-electron chi connectivity index (χ1n) is 6.23. The summed E-state index contributed by atoms with van der Waals surface area (Å²) in [7, 11) is 3.77. The highest BCUT2D eigenvalue weighted by Crippen LogP contribution is 2.42. The van der Waals surface area contributed by atoms with Crippen molar-refractivity contribution in [2.24, 2.45) is 14.1 Å². The van der Waals surface area contributed by atoms with Crippen LogP contribution in [0.15, 0.2) is 36.2 Å². The van der Waals surface area contributed by atoms with Crippen molar-refractivity contribution in [3.05, 3.63) is 53.3 Å². The van der Waals surface area contributed by atoms with Crippen LogP contribution in [0.5, 0.6) is 0 Å². The van der Waals surface area contributed by atoms with Crippen LogP contribution in [-0.4, -0.2) is 20.0 Å². The van der Waals surface area contributed by atoms with E-state index in [1.165, 1.54) is 0 Å². The molecule has 1 atom stereocenters. The minimum atomic E-state index is -0.511. The lowest BCUT2D eigenvalue weighted by Crippen LogP contribution is -2.30. The lowest BCUT2D eigenvalue weighted by atomic mass is 9.78. The summed E-state index contributed by atoms with van der Waals surface area (Å²) in [6.07, 6.45) is 1.86. The molecule has 4 nitrogen and oxygen atoms in total. The monoisotopic (exact) mass is 256 g/mol. The number of aliphatic hydroxyl groups excluding tert-OH is 1. The van der Waals surface area contributed by atoms with Crippen molar-refractivity contribution < 1.29 is 9.90 Å². The van der Waals surface area contributed by atoms with Crippen molar-refractivity contribution in [1.29, 1.82) is 0 Å². The first-order valence-corrected chi connectivity index (χ1v) is 6.23. The van der Waals surface area contributed by atoms with Crippen molar-refractivity contribution in [2.45, 2.75) is 12.8 Å². The minimum Gasteiger partial charge on any atom is -0.510 e. The normalized spacial score (nSPS) is 18.9. The lowest BCUT2D eigenvalue weighted by molar-refractivity contribution is -0.117. The molecule has 0 radical (unpaired) electrons. The summed E-state index contributed by atoms with van der Waals surface area (Å²) >= 11 is 0. The lowest BCUT2D eigenvalue weighted by Gasteiger charge is -2.28. The van der Waals surface area contributed by atoms with Crippen molar-refractivity contribution in [3.8, 4) is 0 Å². The summed E-state index contributed by atoms with van der Waals surface area (Å²) in [4.78, 5) is 12.3. The second-order valence-electron chi connectivity index (χ2n) is 5.02. The third kappa shape index (κ3) is 1.49. The van der Waals surface area contributed by atoms with E-state index in [0.717, 1.165) is 17.1 Å². The van der Waals surface area contributed by atoms with Crippen LogP contribution in [-0.2, 0) is 18.9 Å². The van der Waals surface area contributed by atoms with Gasteiger partial charge < -0.3 is 14.2 Å². The molecule has 98 valence electrons. The van der Waals surface area contributed by atoms with E-state index in [-0.39, 0.29) is 11.5 Å². The maximum absolute atomic E-state index is 12.3. The molecule has 0 bridgehead atoms. The molecule has 0 aliphatic heterocycles. The zero-order valence-corrected chi connectivity index (χ0v) is 11.2. The Labute approximate surface area is 111 Å². The predicted octanol–water partition coefficient (Wildman–Crippen LogP) is 2.31. The van der Waals surface area contributed by atoms with Crippen molar-refractivity contribution in [2.75, 3.05) is 0 Å². The van der Waals surface area contributed by atoms with E-state index in [0.29, 0.717) is 5.57 Å². The van der Waals surface area contributed by atoms with E-state index in [1.807, 2.05) is 60.6 Å². The Morgan fingerprint density at radius 2 is 1.95 bits per heavy atom. The summed E-state index contributed by atoms with van der Waals surface area (Å²) in [5.74, 6) is -0.350. The van der Waals surface area contributed by atoms with Gasteiger partial charge in [0.25, 0.3) is 0 Å². The molecular formula is C15H16N2O2. The third-order valence-corrected chi connectivity index (χ3v) is 3.95. The predicted molar refractivity (Wildman–Crippen MR) is 72.9 cm³/mol. The molecule has 2 aromatic rings. The van der Waals surface area contributed by atoms with Gasteiger partial charge in [-0.1, -0.05) is 0 Å². The van der Waals surface area contributed by atoms with Gasteiger partial charge in [-0.2, -0.15) is 0 Å². The second kappa shape index (κ2) is 3.88. The Bertz CT molecular complexity index is 704. The van der Waals surface area contributed by atoms with E-state index < -0.39 is 5.92 Å². The fourth-order valence-electron chi connectivity index (χ4n) is 2.64. The summed E-state index contributed by atoms with van der Waals surface area (Å²) in [6, 6.07) is 7.56. The molecule has 1 aliphatic carbocycles. The van der Waals surface area contributed by atoms with Gasteiger partial charge >= 0.3 is 0 Å². The number of aromatic nitrogens is 2. The van der Waals surface area contributed by atoms with Gasteiger partial charge in [-0.25, -0.2) is 0 Å². The van der Waals surface area contributed by atoms with Gasteiger partial charge in [0, 0.05) is 31.7 Å². The minimum absolute atomic E-state index is 0.0134. The molecule has 0 amide bonds. The summed E-state index contributed by atoms with van der Waals surface area (Å²) in [6.45, 7) is 1.98. The fraction of sp³-hybridized carbons (Fsp3) is 0.267. The fourth-order valence-corrected chi connectivity index (χ4v) is 2.64. The maximum Gasteiger partial charge on any atom is 0.184 e. The molecule has 2 aromatic heterocycles. The number of carbonyl (C=O) groups is 1. The molecule has 19 heavy (non-hydrogen) atoms. The maximum atomic E-state index is 12.3. The van der Waals surface area contributed by atoms with Crippen LogP contribution < -0.4 is 0 Å². The zero-order valence-electron chi connectivity index (χ0n) is 11.2. The number of rotatable bonds is 2. The van der Waals surface area contributed by atoms with Crippen LogP contribution in [0.2, 0.25) is 0 Å². The number of nitrogens with zero attached hydrogens (tertiary/aromatic N) is 2. The number of aryl methyl sites for hydroxylation is 2. The highest BCUT2D eigenvalue weighted by molar-refractivity contribution is 6.31. The van der Waals surface area contributed by atoms with E-state index in [9.17, 15) is 9.90 Å². The smallest absolute Gasteiger partial charge is 0.184 e. The Balaban J connectivity index is 2.06. The zero-order chi connectivity index (χ0) is 13.7. The van der Waals surface area contributed by atoms with Crippen molar-refractivity contribution in [3.63, 3.8) is 0 Å². The van der Waals surface area contributed by atoms with E-state index in [4.69, 9.17) is 0 Å². The number of Topliss-reactive ketones (excluding diaryl/α,β-unsaturated/α-hetero) is 1.